The zero-order chi connectivity index (χ0) is 14.1. The maximum absolute atomic E-state index is 7.68. The number of nitrogens with one attached hydrogen (secondary N) is 1. The third kappa shape index (κ3) is 3.40. The van der Waals surface area contributed by atoms with Gasteiger partial charge in [-0.1, -0.05) is 18.2 Å². The first-order valence-corrected chi connectivity index (χ1v) is 6.77. The van der Waals surface area contributed by atoms with E-state index >= 15 is 0 Å². The van der Waals surface area contributed by atoms with Crippen LogP contribution >= 0.6 is 24.8 Å². The number of benzene rings is 1. The highest BCUT2D eigenvalue weighted by atomic mass is 35.5. The van der Waals surface area contributed by atoms with Gasteiger partial charge in [0.05, 0.1) is 18.8 Å². The van der Waals surface area contributed by atoms with Crippen LogP contribution in [0.3, 0.4) is 0 Å². The number of nitrogens with two attached hydrogens (primary N) is 2. The Kier molecular flexibility index (Phi) is 6.34. The number of guanidine groups is 1. The molecule has 0 amide bonds. The van der Waals surface area contributed by atoms with Crippen LogP contribution < -0.4 is 11.6 Å². The van der Waals surface area contributed by atoms with Gasteiger partial charge in [0.1, 0.15) is 5.84 Å². The smallest absolute Gasteiger partial charge is 0.235 e. The van der Waals surface area contributed by atoms with Crippen molar-refractivity contribution in [2.75, 3.05) is 13.1 Å². The molecule has 1 heterocycles. The first kappa shape index (κ1) is 18.4. The first-order chi connectivity index (χ1) is 9.66. The molecule has 120 valence electrons. The van der Waals surface area contributed by atoms with Gasteiger partial charge >= 0.3 is 0 Å². The molecule has 1 aromatic carbocycles. The molecule has 0 radical (unpaired) electrons. The van der Waals surface area contributed by atoms with Crippen LogP contribution in [0.5, 0.6) is 0 Å². The van der Waals surface area contributed by atoms with Gasteiger partial charge in [0, 0.05) is 5.56 Å². The molecule has 0 saturated heterocycles. The van der Waals surface area contributed by atoms with E-state index in [9.17, 15) is 0 Å². The second kappa shape index (κ2) is 7.58. The highest BCUT2D eigenvalue weighted by Gasteiger charge is 2.21. The number of fused-ring (bicyclic) bond motifs is 1. The highest BCUT2D eigenvalue weighted by molar-refractivity contribution is 6.10. The number of hydrazine groups is 1. The molecule has 1 aromatic rings. The van der Waals surface area contributed by atoms with Crippen molar-refractivity contribution in [1.82, 2.24) is 5.01 Å². The SMILES string of the molecule is Cl.Cl.N=C(N)c1cccc2c1CCCC2=NC1=NCCN1N. The van der Waals surface area contributed by atoms with E-state index in [4.69, 9.17) is 17.0 Å². The third-order valence-corrected chi connectivity index (χ3v) is 3.70. The fourth-order valence-corrected chi connectivity index (χ4v) is 2.73. The molecule has 1 aliphatic carbocycles. The van der Waals surface area contributed by atoms with Crippen LogP contribution in [0.25, 0.3) is 0 Å². The second-order valence-electron chi connectivity index (χ2n) is 5.03. The molecule has 3 rings (SSSR count). The van der Waals surface area contributed by atoms with E-state index < -0.39 is 0 Å². The van der Waals surface area contributed by atoms with E-state index in [0.29, 0.717) is 19.0 Å². The zero-order valence-electron chi connectivity index (χ0n) is 12.1. The highest BCUT2D eigenvalue weighted by Crippen LogP contribution is 2.25. The van der Waals surface area contributed by atoms with Gasteiger partial charge in [-0.25, -0.2) is 15.8 Å². The minimum Gasteiger partial charge on any atom is -0.384 e. The molecule has 0 atom stereocenters. The molecule has 5 N–H and O–H groups in total. The summed E-state index contributed by atoms with van der Waals surface area (Å²) in [6.07, 6.45) is 2.85. The lowest BCUT2D eigenvalue weighted by molar-refractivity contribution is 0.479. The Hall–Kier alpha value is -1.63. The standard InChI is InChI=1S/C14H18N6.2ClH/c15-13(16)11-5-1-4-10-9(11)3-2-6-12(10)19-14-18-7-8-20(14)17;;/h1,4-5H,2-3,6-8,17H2,(H3,15,16);2*1H. The number of amidine groups is 1. The molecule has 0 saturated carbocycles. The lowest BCUT2D eigenvalue weighted by Crippen LogP contribution is -2.34. The quantitative estimate of drug-likeness (QED) is 0.409. The van der Waals surface area contributed by atoms with Crippen molar-refractivity contribution < 1.29 is 0 Å². The monoisotopic (exact) mass is 342 g/mol. The van der Waals surface area contributed by atoms with E-state index in [1.165, 1.54) is 0 Å². The molecule has 22 heavy (non-hydrogen) atoms. The first-order valence-electron chi connectivity index (χ1n) is 6.77. The van der Waals surface area contributed by atoms with Gasteiger partial charge in [0.15, 0.2) is 0 Å². The molecule has 0 unspecified atom stereocenters. The van der Waals surface area contributed by atoms with Crippen molar-refractivity contribution in [3.63, 3.8) is 0 Å². The Morgan fingerprint density at radius 1 is 1.27 bits per heavy atom. The van der Waals surface area contributed by atoms with Gasteiger partial charge in [0.25, 0.3) is 0 Å². The van der Waals surface area contributed by atoms with E-state index in [-0.39, 0.29) is 30.6 Å². The van der Waals surface area contributed by atoms with Crippen LogP contribution in [0.4, 0.5) is 0 Å². The Labute approximate surface area is 142 Å². The number of hydrogen-bond acceptors (Lipinski definition) is 5. The minimum atomic E-state index is 0. The molecular weight excluding hydrogens is 323 g/mol. The van der Waals surface area contributed by atoms with E-state index in [1.54, 1.807) is 5.01 Å². The van der Waals surface area contributed by atoms with Crippen LogP contribution in [0.1, 0.15) is 29.5 Å². The van der Waals surface area contributed by atoms with Crippen molar-refractivity contribution in [1.29, 1.82) is 5.41 Å². The number of halogens is 2. The second-order valence-corrected chi connectivity index (χ2v) is 5.03. The van der Waals surface area contributed by atoms with Crippen LogP contribution in [0.2, 0.25) is 0 Å². The summed E-state index contributed by atoms with van der Waals surface area (Å²) < 4.78 is 0. The van der Waals surface area contributed by atoms with Crippen molar-refractivity contribution in [2.45, 2.75) is 19.3 Å². The summed E-state index contributed by atoms with van der Waals surface area (Å²) in [5.41, 5.74) is 9.66. The number of aliphatic imine (C=N–C) groups is 2. The number of hydrogen-bond donors (Lipinski definition) is 3. The molecule has 0 spiro atoms. The van der Waals surface area contributed by atoms with Crippen molar-refractivity contribution in [3.8, 4) is 0 Å². The maximum Gasteiger partial charge on any atom is 0.235 e. The molecule has 2 aliphatic rings. The lowest BCUT2D eigenvalue weighted by atomic mass is 9.86. The maximum atomic E-state index is 7.68. The number of rotatable bonds is 1. The third-order valence-electron chi connectivity index (χ3n) is 3.70. The van der Waals surface area contributed by atoms with Gasteiger partial charge in [0.2, 0.25) is 5.96 Å². The van der Waals surface area contributed by atoms with E-state index in [0.717, 1.165) is 41.7 Å². The predicted molar refractivity (Wildman–Crippen MR) is 94.6 cm³/mol. The fraction of sp³-hybridized carbons (Fsp3) is 0.357. The van der Waals surface area contributed by atoms with Gasteiger partial charge in [-0.2, -0.15) is 0 Å². The number of nitrogens with zero attached hydrogens (tertiary/aromatic N) is 3. The van der Waals surface area contributed by atoms with E-state index in [1.807, 2.05) is 18.2 Å². The Balaban J connectivity index is 0.00000121. The minimum absolute atomic E-state index is 0. The van der Waals surface area contributed by atoms with E-state index in [2.05, 4.69) is 9.98 Å². The molecule has 0 fully saturated rings. The lowest BCUT2D eigenvalue weighted by Gasteiger charge is -2.21. The summed E-state index contributed by atoms with van der Waals surface area (Å²) in [7, 11) is 0. The summed E-state index contributed by atoms with van der Waals surface area (Å²) in [6, 6.07) is 5.86. The van der Waals surface area contributed by atoms with Gasteiger partial charge in [-0.15, -0.1) is 24.8 Å². The summed E-state index contributed by atoms with van der Waals surface area (Å²) in [4.78, 5) is 8.92. The molecule has 0 aromatic heterocycles. The van der Waals surface area contributed by atoms with Crippen molar-refractivity contribution in [2.24, 2.45) is 21.6 Å². The van der Waals surface area contributed by atoms with Crippen LogP contribution in [-0.2, 0) is 6.42 Å². The van der Waals surface area contributed by atoms with Gasteiger partial charge in [-0.3, -0.25) is 10.4 Å². The largest absolute Gasteiger partial charge is 0.384 e. The average molecular weight is 343 g/mol. The molecular formula is C14H20Cl2N6. The van der Waals surface area contributed by atoms with Crippen LogP contribution in [0.15, 0.2) is 28.2 Å². The zero-order valence-corrected chi connectivity index (χ0v) is 13.7. The molecule has 1 aliphatic heterocycles. The molecule has 0 bridgehead atoms. The molecule has 6 nitrogen and oxygen atoms in total. The summed E-state index contributed by atoms with van der Waals surface area (Å²) in [5, 5.41) is 9.26. The van der Waals surface area contributed by atoms with Gasteiger partial charge in [-0.05, 0) is 30.4 Å². The average Bonchev–Trinajstić information content (AvgIpc) is 2.84. The van der Waals surface area contributed by atoms with Crippen LogP contribution in [0, 0.1) is 5.41 Å². The predicted octanol–water partition coefficient (Wildman–Crippen LogP) is 1.48. The van der Waals surface area contributed by atoms with Crippen molar-refractivity contribution >= 4 is 42.3 Å². The van der Waals surface area contributed by atoms with Crippen molar-refractivity contribution in [3.05, 3.63) is 34.9 Å². The van der Waals surface area contributed by atoms with Gasteiger partial charge < -0.3 is 5.73 Å². The summed E-state index contributed by atoms with van der Waals surface area (Å²) in [6.45, 7) is 1.41. The summed E-state index contributed by atoms with van der Waals surface area (Å²) in [5.74, 6) is 6.55. The number of nitrogen functional groups attached to an aromatic ring is 1. The Bertz CT molecular complexity index is 626. The topological polar surface area (TPSA) is 104 Å². The Morgan fingerprint density at radius 3 is 2.68 bits per heavy atom. The Morgan fingerprint density at radius 2 is 2.05 bits per heavy atom. The molecule has 8 heteroatoms. The van der Waals surface area contributed by atoms with Crippen LogP contribution in [-0.4, -0.2) is 35.6 Å². The summed E-state index contributed by atoms with van der Waals surface area (Å²) >= 11 is 0. The normalized spacial score (nSPS) is 18.1. The fourth-order valence-electron chi connectivity index (χ4n) is 2.73.